The number of imide groups is 1. The van der Waals surface area contributed by atoms with Crippen LogP contribution >= 0.6 is 0 Å². The molecule has 2 N–H and O–H groups in total. The number of phenols is 1. The van der Waals surface area contributed by atoms with E-state index in [2.05, 4.69) is 0 Å². The third kappa shape index (κ3) is 3.59. The number of aliphatic carboxylic acids is 1. The van der Waals surface area contributed by atoms with Crippen LogP contribution in [0.25, 0.3) is 6.08 Å². The van der Waals surface area contributed by atoms with E-state index in [1.54, 1.807) is 6.07 Å². The van der Waals surface area contributed by atoms with E-state index >= 15 is 0 Å². The molecule has 9 heteroatoms. The summed E-state index contributed by atoms with van der Waals surface area (Å²) in [5.74, 6) is -3.06. The number of nitrogens with zero attached hydrogens (tertiary/aromatic N) is 2. The Hall–Kier alpha value is -3.80. The summed E-state index contributed by atoms with van der Waals surface area (Å²) in [6, 6.07) is 4.40. The number of hydrogen-bond donors (Lipinski definition) is 2. The zero-order chi connectivity index (χ0) is 20.3. The number of nitriles is 1. The summed E-state index contributed by atoms with van der Waals surface area (Å²) in [6.45, 7) is 0.548. The lowest BCUT2D eigenvalue weighted by Crippen LogP contribution is -2.45. The Balaban J connectivity index is 2.70. The summed E-state index contributed by atoms with van der Waals surface area (Å²) in [4.78, 5) is 36.4. The molecule has 2 rings (SSSR count). The Morgan fingerprint density at radius 3 is 2.37 bits per heavy atom. The lowest BCUT2D eigenvalue weighted by Gasteiger charge is -2.26. The first-order chi connectivity index (χ1) is 12.7. The fraction of sp³-hybridized carbons (Fsp3) is 0.222. The maximum atomic E-state index is 12.7. The Kier molecular flexibility index (Phi) is 5.51. The Bertz CT molecular complexity index is 938. The molecule has 0 saturated carbocycles. The van der Waals surface area contributed by atoms with Crippen molar-refractivity contribution in [3.05, 3.63) is 34.4 Å². The minimum Gasteiger partial charge on any atom is -0.504 e. The van der Waals surface area contributed by atoms with Gasteiger partial charge in [0, 0.05) is 17.2 Å². The molecule has 0 aliphatic carbocycles. The molecule has 1 heterocycles. The first-order valence-corrected chi connectivity index (χ1v) is 7.61. The third-order valence-corrected chi connectivity index (χ3v) is 3.95. The van der Waals surface area contributed by atoms with E-state index in [1.165, 1.54) is 39.4 Å². The Labute approximate surface area is 154 Å². The van der Waals surface area contributed by atoms with Crippen molar-refractivity contribution in [3.63, 3.8) is 0 Å². The second kappa shape index (κ2) is 7.61. The van der Waals surface area contributed by atoms with Crippen molar-refractivity contribution in [3.8, 4) is 23.3 Å². The number of carboxylic acid groups (broad SMARTS) is 1. The summed E-state index contributed by atoms with van der Waals surface area (Å²) < 4.78 is 10.2. The van der Waals surface area contributed by atoms with Gasteiger partial charge in [0.2, 0.25) is 0 Å². The van der Waals surface area contributed by atoms with Crippen LogP contribution < -0.4 is 9.47 Å². The number of phenolic OH excluding ortho intramolecular Hbond substituents is 1. The van der Waals surface area contributed by atoms with Gasteiger partial charge in [-0.05, 0) is 24.6 Å². The van der Waals surface area contributed by atoms with E-state index in [0.29, 0.717) is 10.5 Å². The number of carboxylic acids is 1. The smallest absolute Gasteiger partial charge is 0.323 e. The predicted molar refractivity (Wildman–Crippen MR) is 91.9 cm³/mol. The number of amides is 2. The monoisotopic (exact) mass is 372 g/mol. The van der Waals surface area contributed by atoms with Crippen molar-refractivity contribution in [1.29, 1.82) is 5.26 Å². The van der Waals surface area contributed by atoms with E-state index < -0.39 is 24.3 Å². The van der Waals surface area contributed by atoms with Crippen LogP contribution in [-0.4, -0.2) is 53.7 Å². The molecule has 140 valence electrons. The molecular formula is C18H16N2O7. The SMILES string of the molecule is COc1cc(/C=C2\C(=O)N(CC(=O)O)C(=O)C(C#N)=C2C)c(OC)cc1O. The zero-order valence-electron chi connectivity index (χ0n) is 14.8. The number of carbonyl (C=O) groups is 3. The summed E-state index contributed by atoms with van der Waals surface area (Å²) in [5.41, 5.74) is 0.0743. The number of ether oxygens (including phenoxy) is 2. The molecule has 0 aromatic heterocycles. The van der Waals surface area contributed by atoms with Crippen LogP contribution in [0, 0.1) is 11.3 Å². The van der Waals surface area contributed by atoms with Crippen molar-refractivity contribution in [2.75, 3.05) is 20.8 Å². The molecule has 0 spiro atoms. The predicted octanol–water partition coefficient (Wildman–Crippen LogP) is 1.09. The molecule has 0 saturated heterocycles. The van der Waals surface area contributed by atoms with Crippen LogP contribution in [0.3, 0.4) is 0 Å². The molecule has 0 unspecified atom stereocenters. The lowest BCUT2D eigenvalue weighted by molar-refractivity contribution is -0.149. The van der Waals surface area contributed by atoms with Gasteiger partial charge in [-0.1, -0.05) is 0 Å². The lowest BCUT2D eigenvalue weighted by atomic mass is 9.93. The highest BCUT2D eigenvalue weighted by Crippen LogP contribution is 2.36. The van der Waals surface area contributed by atoms with Crippen LogP contribution in [0.2, 0.25) is 0 Å². The van der Waals surface area contributed by atoms with Crippen LogP contribution in [0.5, 0.6) is 17.2 Å². The van der Waals surface area contributed by atoms with Gasteiger partial charge in [-0.15, -0.1) is 0 Å². The molecule has 0 fully saturated rings. The van der Waals surface area contributed by atoms with Gasteiger partial charge >= 0.3 is 5.97 Å². The molecule has 1 aliphatic rings. The molecule has 9 nitrogen and oxygen atoms in total. The highest BCUT2D eigenvalue weighted by molar-refractivity contribution is 6.20. The van der Waals surface area contributed by atoms with E-state index in [1.807, 2.05) is 0 Å². The van der Waals surface area contributed by atoms with Crippen molar-refractivity contribution >= 4 is 23.9 Å². The standard InChI is InChI=1S/C18H16N2O7/c1-9-11(4-10-5-15(27-3)13(21)6-14(10)26-2)17(24)20(8-16(22)23)18(25)12(9)7-19/h4-6,21H,8H2,1-3H3,(H,22,23)/b11-4-. The molecule has 0 radical (unpaired) electrons. The maximum Gasteiger partial charge on any atom is 0.323 e. The minimum absolute atomic E-state index is 0.0431. The van der Waals surface area contributed by atoms with Gasteiger partial charge in [0.1, 0.15) is 23.9 Å². The number of hydrogen-bond acceptors (Lipinski definition) is 7. The van der Waals surface area contributed by atoms with Gasteiger partial charge in [0.05, 0.1) is 14.2 Å². The van der Waals surface area contributed by atoms with Gasteiger partial charge in [0.25, 0.3) is 11.8 Å². The topological polar surface area (TPSA) is 137 Å². The Morgan fingerprint density at radius 1 is 1.22 bits per heavy atom. The number of benzene rings is 1. The quantitative estimate of drug-likeness (QED) is 0.579. The first kappa shape index (κ1) is 19.5. The van der Waals surface area contributed by atoms with Crippen LogP contribution in [0.4, 0.5) is 0 Å². The number of aromatic hydroxyl groups is 1. The molecule has 0 atom stereocenters. The van der Waals surface area contributed by atoms with Crippen LogP contribution in [0.1, 0.15) is 12.5 Å². The molecule has 0 bridgehead atoms. The molecule has 1 aromatic carbocycles. The second-order valence-corrected chi connectivity index (χ2v) is 5.53. The van der Waals surface area contributed by atoms with E-state index in [9.17, 15) is 24.8 Å². The van der Waals surface area contributed by atoms with E-state index in [-0.39, 0.29) is 34.0 Å². The van der Waals surface area contributed by atoms with Crippen molar-refractivity contribution in [2.45, 2.75) is 6.92 Å². The average Bonchev–Trinajstić information content (AvgIpc) is 2.63. The fourth-order valence-corrected chi connectivity index (χ4v) is 2.58. The summed E-state index contributed by atoms with van der Waals surface area (Å²) in [7, 11) is 2.70. The largest absolute Gasteiger partial charge is 0.504 e. The van der Waals surface area contributed by atoms with Gasteiger partial charge in [0.15, 0.2) is 11.5 Å². The normalized spacial score (nSPS) is 15.8. The number of methoxy groups -OCH3 is 2. The van der Waals surface area contributed by atoms with Crippen LogP contribution in [0.15, 0.2) is 28.9 Å². The first-order valence-electron chi connectivity index (χ1n) is 7.61. The summed E-state index contributed by atoms with van der Waals surface area (Å²) in [6.07, 6.45) is 1.34. The van der Waals surface area contributed by atoms with Crippen molar-refractivity contribution in [2.24, 2.45) is 0 Å². The van der Waals surface area contributed by atoms with Gasteiger partial charge < -0.3 is 19.7 Å². The maximum absolute atomic E-state index is 12.7. The zero-order valence-corrected chi connectivity index (χ0v) is 14.8. The summed E-state index contributed by atoms with van der Waals surface area (Å²) >= 11 is 0. The number of rotatable bonds is 5. The average molecular weight is 372 g/mol. The fourth-order valence-electron chi connectivity index (χ4n) is 2.58. The highest BCUT2D eigenvalue weighted by atomic mass is 16.5. The highest BCUT2D eigenvalue weighted by Gasteiger charge is 2.36. The van der Waals surface area contributed by atoms with Crippen LogP contribution in [-0.2, 0) is 14.4 Å². The number of carbonyl (C=O) groups excluding carboxylic acids is 2. The van der Waals surface area contributed by atoms with Gasteiger partial charge in [-0.2, -0.15) is 5.26 Å². The van der Waals surface area contributed by atoms with Crippen molar-refractivity contribution < 1.29 is 34.1 Å². The van der Waals surface area contributed by atoms with E-state index in [0.717, 1.165) is 0 Å². The van der Waals surface area contributed by atoms with Gasteiger partial charge in [-0.3, -0.25) is 19.3 Å². The van der Waals surface area contributed by atoms with E-state index in [4.69, 9.17) is 14.6 Å². The van der Waals surface area contributed by atoms with Crippen molar-refractivity contribution in [1.82, 2.24) is 4.90 Å². The molecular weight excluding hydrogens is 356 g/mol. The summed E-state index contributed by atoms with van der Waals surface area (Å²) in [5, 5.41) is 28.1. The minimum atomic E-state index is -1.39. The molecule has 1 aliphatic heterocycles. The molecule has 2 amide bonds. The molecule has 27 heavy (non-hydrogen) atoms. The van der Waals surface area contributed by atoms with Gasteiger partial charge in [-0.25, -0.2) is 0 Å². The third-order valence-electron chi connectivity index (χ3n) is 3.95. The second-order valence-electron chi connectivity index (χ2n) is 5.53. The molecule has 1 aromatic rings. The Morgan fingerprint density at radius 2 is 1.85 bits per heavy atom.